The Morgan fingerprint density at radius 3 is 2.78 bits per heavy atom. The summed E-state index contributed by atoms with van der Waals surface area (Å²) in [6, 6.07) is 7.50. The maximum Gasteiger partial charge on any atom is 0.339 e. The predicted molar refractivity (Wildman–Crippen MR) is 93.5 cm³/mol. The number of ether oxygens (including phenoxy) is 2. The Morgan fingerprint density at radius 1 is 1.33 bits per heavy atom. The predicted octanol–water partition coefficient (Wildman–Crippen LogP) is 3.16. The highest BCUT2D eigenvalue weighted by atomic mass is 19.1. The number of aromatic hydroxyl groups is 1. The van der Waals surface area contributed by atoms with Crippen molar-refractivity contribution in [3.05, 3.63) is 65.1 Å². The highest BCUT2D eigenvalue weighted by molar-refractivity contribution is 6.12. The smallest absolute Gasteiger partial charge is 0.339 e. The van der Waals surface area contributed by atoms with Crippen molar-refractivity contribution in [1.82, 2.24) is 0 Å². The fourth-order valence-corrected chi connectivity index (χ4v) is 2.60. The highest BCUT2D eigenvalue weighted by Crippen LogP contribution is 2.32. The van der Waals surface area contributed by atoms with Gasteiger partial charge in [-0.15, -0.1) is 0 Å². The summed E-state index contributed by atoms with van der Waals surface area (Å²) < 4.78 is 24.6. The number of carbonyl (C=O) groups is 2. The molecule has 0 aromatic heterocycles. The number of ketones is 1. The summed E-state index contributed by atoms with van der Waals surface area (Å²) in [5.74, 6) is -2.50. The zero-order chi connectivity index (χ0) is 19.6. The third kappa shape index (κ3) is 3.75. The van der Waals surface area contributed by atoms with Gasteiger partial charge in [-0.2, -0.15) is 0 Å². The number of benzene rings is 2. The summed E-state index contributed by atoms with van der Waals surface area (Å²) in [7, 11) is 0. The van der Waals surface area contributed by atoms with Crippen LogP contribution in [0, 0.1) is 5.82 Å². The number of Topliss-reactive ketones (excluding diaryl/α,β-unsaturated/α-hetero) is 1. The molecule has 0 fully saturated rings. The Bertz CT molecular complexity index is 940. The van der Waals surface area contributed by atoms with Gasteiger partial charge < -0.3 is 25.0 Å². The number of rotatable bonds is 5. The Kier molecular flexibility index (Phi) is 5.09. The molecular weight excluding hydrogens is 357 g/mol. The lowest BCUT2D eigenvalue weighted by Crippen LogP contribution is -2.33. The molecule has 1 aliphatic rings. The normalized spacial score (nSPS) is 17.3. The first-order valence-corrected chi connectivity index (χ1v) is 8.06. The van der Waals surface area contributed by atoms with Crippen molar-refractivity contribution >= 4 is 17.4 Å². The molecule has 3 rings (SSSR count). The van der Waals surface area contributed by atoms with Crippen LogP contribution in [0.3, 0.4) is 0 Å². The van der Waals surface area contributed by atoms with E-state index in [4.69, 9.17) is 14.6 Å². The molecule has 27 heavy (non-hydrogen) atoms. The van der Waals surface area contributed by atoms with Gasteiger partial charge in [-0.3, -0.25) is 4.79 Å². The lowest BCUT2D eigenvalue weighted by atomic mass is 9.99. The Balaban J connectivity index is 1.91. The molecule has 0 aliphatic carbocycles. The number of carboxylic acid groups (broad SMARTS) is 1. The minimum absolute atomic E-state index is 0.0723. The molecule has 7 nitrogen and oxygen atoms in total. The van der Waals surface area contributed by atoms with E-state index >= 15 is 0 Å². The number of nitrogens with one attached hydrogen (secondary N) is 1. The molecule has 0 radical (unpaired) electrons. The maximum absolute atomic E-state index is 13.5. The van der Waals surface area contributed by atoms with Gasteiger partial charge in [0.15, 0.2) is 0 Å². The lowest BCUT2D eigenvalue weighted by molar-refractivity contribution is -0.0510. The third-order valence-corrected chi connectivity index (χ3v) is 3.88. The molecule has 0 saturated carbocycles. The van der Waals surface area contributed by atoms with E-state index in [9.17, 15) is 19.1 Å². The summed E-state index contributed by atoms with van der Waals surface area (Å²) in [5.41, 5.74) is 0.278. The molecule has 1 aliphatic heterocycles. The Morgan fingerprint density at radius 2 is 2.11 bits per heavy atom. The Hall–Kier alpha value is -3.39. The van der Waals surface area contributed by atoms with E-state index in [1.165, 1.54) is 36.5 Å². The van der Waals surface area contributed by atoms with Gasteiger partial charge in [0.2, 0.25) is 12.1 Å². The fraction of sp³-hybridized carbons (Fsp3) is 0.158. The average Bonchev–Trinajstić information content (AvgIpc) is 2.62. The van der Waals surface area contributed by atoms with Crippen molar-refractivity contribution in [1.29, 1.82) is 0 Å². The number of carboxylic acids is 1. The molecular formula is C19H16FNO6. The second-order valence-electron chi connectivity index (χ2n) is 5.66. The van der Waals surface area contributed by atoms with Crippen LogP contribution in [0.1, 0.15) is 27.6 Å². The van der Waals surface area contributed by atoms with Crippen molar-refractivity contribution in [2.45, 2.75) is 13.2 Å². The zero-order valence-corrected chi connectivity index (χ0v) is 14.2. The molecule has 140 valence electrons. The summed E-state index contributed by atoms with van der Waals surface area (Å²) >= 11 is 0. The van der Waals surface area contributed by atoms with Crippen LogP contribution in [0.25, 0.3) is 0 Å². The van der Waals surface area contributed by atoms with Gasteiger partial charge in [0.1, 0.15) is 22.9 Å². The van der Waals surface area contributed by atoms with Gasteiger partial charge in [0.05, 0.1) is 11.1 Å². The van der Waals surface area contributed by atoms with Gasteiger partial charge in [-0.05, 0) is 37.3 Å². The van der Waals surface area contributed by atoms with E-state index in [2.05, 4.69) is 5.32 Å². The van der Waals surface area contributed by atoms with E-state index in [1.807, 2.05) is 0 Å². The number of halogens is 1. The fourth-order valence-electron chi connectivity index (χ4n) is 2.60. The van der Waals surface area contributed by atoms with Crippen LogP contribution in [-0.2, 0) is 4.74 Å². The van der Waals surface area contributed by atoms with E-state index < -0.39 is 29.6 Å². The number of hydrogen-bond acceptors (Lipinski definition) is 6. The van der Waals surface area contributed by atoms with E-state index in [-0.39, 0.29) is 29.1 Å². The van der Waals surface area contributed by atoms with Crippen LogP contribution in [0.5, 0.6) is 11.5 Å². The molecule has 0 saturated heterocycles. The number of aromatic carboxylic acids is 1. The van der Waals surface area contributed by atoms with Crippen LogP contribution in [0.4, 0.5) is 10.1 Å². The first-order chi connectivity index (χ1) is 12.9. The van der Waals surface area contributed by atoms with Gasteiger partial charge in [0, 0.05) is 24.6 Å². The van der Waals surface area contributed by atoms with Crippen LogP contribution < -0.4 is 10.1 Å². The van der Waals surface area contributed by atoms with Crippen molar-refractivity contribution < 1.29 is 33.7 Å². The summed E-state index contributed by atoms with van der Waals surface area (Å²) in [6.45, 7) is 2.02. The molecule has 8 heteroatoms. The summed E-state index contributed by atoms with van der Waals surface area (Å²) in [6.07, 6.45) is 0.339. The second-order valence-corrected chi connectivity index (χ2v) is 5.66. The quantitative estimate of drug-likeness (QED) is 0.692. The minimum Gasteiger partial charge on any atom is -0.507 e. The zero-order valence-electron chi connectivity index (χ0n) is 14.2. The number of fused-ring (bicyclic) bond motifs is 1. The first kappa shape index (κ1) is 18.4. The van der Waals surface area contributed by atoms with Crippen LogP contribution in [0.2, 0.25) is 0 Å². The molecule has 3 N–H and O–H groups in total. The standard InChI is InChI=1S/C19H16FNO6/c1-2-26-19-14(17(23)13-7-10(20)3-6-16(13)27-19)9-21-11-4-5-12(18(24)25)15(22)8-11/h3-9,19,21-22H,2H2,1H3,(H,24,25). The molecule has 1 atom stereocenters. The number of phenols is 1. The van der Waals surface area contributed by atoms with Gasteiger partial charge >= 0.3 is 5.97 Å². The molecule has 2 aromatic rings. The Labute approximate surface area is 153 Å². The van der Waals surface area contributed by atoms with Crippen molar-refractivity contribution in [3.63, 3.8) is 0 Å². The van der Waals surface area contributed by atoms with E-state index in [0.29, 0.717) is 5.69 Å². The summed E-state index contributed by atoms with van der Waals surface area (Å²) in [5, 5.41) is 21.5. The van der Waals surface area contributed by atoms with Gasteiger partial charge in [0.25, 0.3) is 0 Å². The monoisotopic (exact) mass is 373 g/mol. The topological polar surface area (TPSA) is 105 Å². The maximum atomic E-state index is 13.5. The van der Waals surface area contributed by atoms with Crippen molar-refractivity contribution in [2.24, 2.45) is 0 Å². The first-order valence-electron chi connectivity index (χ1n) is 8.06. The molecule has 0 spiro atoms. The van der Waals surface area contributed by atoms with Gasteiger partial charge in [-0.1, -0.05) is 0 Å². The van der Waals surface area contributed by atoms with E-state index in [1.54, 1.807) is 6.92 Å². The molecule has 1 unspecified atom stereocenters. The van der Waals surface area contributed by atoms with Crippen molar-refractivity contribution in [2.75, 3.05) is 11.9 Å². The van der Waals surface area contributed by atoms with Crippen molar-refractivity contribution in [3.8, 4) is 11.5 Å². The number of hydrogen-bond donors (Lipinski definition) is 3. The minimum atomic E-state index is -1.26. The van der Waals surface area contributed by atoms with E-state index in [0.717, 1.165) is 6.07 Å². The SMILES string of the molecule is CCOC1Oc2ccc(F)cc2C(=O)C1=CNc1ccc(C(=O)O)c(O)c1. The lowest BCUT2D eigenvalue weighted by Gasteiger charge is -2.27. The number of carbonyl (C=O) groups excluding carboxylic acids is 1. The van der Waals surface area contributed by atoms with Crippen LogP contribution in [-0.4, -0.2) is 34.9 Å². The molecule has 0 bridgehead atoms. The second kappa shape index (κ2) is 7.46. The van der Waals surface area contributed by atoms with Crippen LogP contribution >= 0.6 is 0 Å². The molecule has 1 heterocycles. The van der Waals surface area contributed by atoms with Crippen LogP contribution in [0.15, 0.2) is 48.2 Å². The molecule has 0 amide bonds. The summed E-state index contributed by atoms with van der Waals surface area (Å²) in [4.78, 5) is 23.7. The highest BCUT2D eigenvalue weighted by Gasteiger charge is 2.32. The largest absolute Gasteiger partial charge is 0.507 e. The van der Waals surface area contributed by atoms with Gasteiger partial charge in [-0.25, -0.2) is 9.18 Å². The third-order valence-electron chi connectivity index (χ3n) is 3.88. The number of anilines is 1. The average molecular weight is 373 g/mol. The molecule has 2 aromatic carbocycles.